The van der Waals surface area contributed by atoms with Crippen LogP contribution in [0.25, 0.3) is 11.3 Å². The first kappa shape index (κ1) is 17.4. The predicted octanol–water partition coefficient (Wildman–Crippen LogP) is 1.50. The molecule has 1 saturated heterocycles. The normalized spacial score (nSPS) is 19.6. The maximum atomic E-state index is 12.6. The van der Waals surface area contributed by atoms with Gasteiger partial charge in [0.15, 0.2) is 0 Å². The Morgan fingerprint density at radius 1 is 1.24 bits per heavy atom. The number of nitrogens with zero attached hydrogens (tertiary/aromatic N) is 3. The zero-order valence-electron chi connectivity index (χ0n) is 14.7. The molecule has 132 valence electrons. The largest absolute Gasteiger partial charge is 0.340 e. The van der Waals surface area contributed by atoms with E-state index >= 15 is 0 Å². The van der Waals surface area contributed by atoms with E-state index < -0.39 is 0 Å². The van der Waals surface area contributed by atoms with E-state index in [-0.39, 0.29) is 29.5 Å². The van der Waals surface area contributed by atoms with Crippen LogP contribution in [0.3, 0.4) is 0 Å². The molecule has 1 fully saturated rings. The molecule has 1 unspecified atom stereocenters. The van der Waals surface area contributed by atoms with Crippen molar-refractivity contribution < 1.29 is 4.79 Å². The van der Waals surface area contributed by atoms with Crippen molar-refractivity contribution in [2.24, 2.45) is 11.1 Å². The second-order valence-corrected chi connectivity index (χ2v) is 7.28. The van der Waals surface area contributed by atoms with Gasteiger partial charge in [0.1, 0.15) is 6.54 Å². The molecule has 0 saturated carbocycles. The predicted molar refractivity (Wildman–Crippen MR) is 96.9 cm³/mol. The Balaban J connectivity index is 1.79. The van der Waals surface area contributed by atoms with Crippen LogP contribution in [0.1, 0.15) is 20.3 Å². The Labute approximate surface area is 147 Å². The Bertz CT molecular complexity index is 814. The summed E-state index contributed by atoms with van der Waals surface area (Å²) in [6.07, 6.45) is 0.769. The number of piperidine rings is 1. The monoisotopic (exact) mass is 340 g/mol. The Kier molecular flexibility index (Phi) is 4.72. The van der Waals surface area contributed by atoms with Crippen molar-refractivity contribution in [1.29, 1.82) is 0 Å². The molecular formula is C19H24N4O2. The summed E-state index contributed by atoms with van der Waals surface area (Å²) in [4.78, 5) is 26.5. The standard InChI is InChI=1S/C19H24N4O2/c1-19(2)13-22(11-10-16(19)20)18(25)12-23-17(24)9-8-15(21-23)14-6-4-3-5-7-14/h3-9,16H,10-13,20H2,1-2H3. The van der Waals surface area contributed by atoms with Crippen LogP contribution in [0.5, 0.6) is 0 Å². The molecule has 1 aromatic heterocycles. The Hall–Kier alpha value is -2.47. The number of carbonyl (C=O) groups is 1. The second-order valence-electron chi connectivity index (χ2n) is 7.28. The summed E-state index contributed by atoms with van der Waals surface area (Å²) in [6, 6.07) is 12.8. The van der Waals surface area contributed by atoms with Crippen LogP contribution in [0, 0.1) is 5.41 Å². The van der Waals surface area contributed by atoms with E-state index in [1.54, 1.807) is 11.0 Å². The van der Waals surface area contributed by atoms with Crippen molar-refractivity contribution in [3.8, 4) is 11.3 Å². The van der Waals surface area contributed by atoms with Crippen LogP contribution in [0.15, 0.2) is 47.3 Å². The summed E-state index contributed by atoms with van der Waals surface area (Å²) >= 11 is 0. The van der Waals surface area contributed by atoms with Gasteiger partial charge in [-0.05, 0) is 17.9 Å². The molecule has 1 aromatic carbocycles. The lowest BCUT2D eigenvalue weighted by molar-refractivity contribution is -0.135. The van der Waals surface area contributed by atoms with Gasteiger partial charge in [0, 0.05) is 30.8 Å². The molecule has 1 atom stereocenters. The van der Waals surface area contributed by atoms with Crippen LogP contribution >= 0.6 is 0 Å². The molecule has 1 aliphatic heterocycles. The molecule has 1 aliphatic rings. The molecule has 0 aliphatic carbocycles. The number of aromatic nitrogens is 2. The van der Waals surface area contributed by atoms with Crippen molar-refractivity contribution in [3.05, 3.63) is 52.8 Å². The summed E-state index contributed by atoms with van der Waals surface area (Å²) in [5.41, 5.74) is 7.31. The first-order valence-corrected chi connectivity index (χ1v) is 8.54. The van der Waals surface area contributed by atoms with Gasteiger partial charge in [-0.25, -0.2) is 4.68 Å². The van der Waals surface area contributed by atoms with E-state index in [0.29, 0.717) is 18.8 Å². The van der Waals surface area contributed by atoms with Gasteiger partial charge in [-0.15, -0.1) is 0 Å². The lowest BCUT2D eigenvalue weighted by Crippen LogP contribution is -2.54. The highest BCUT2D eigenvalue weighted by Gasteiger charge is 2.35. The molecule has 6 heteroatoms. The summed E-state index contributed by atoms with van der Waals surface area (Å²) in [5, 5.41) is 4.36. The lowest BCUT2D eigenvalue weighted by atomic mass is 9.79. The molecule has 25 heavy (non-hydrogen) atoms. The average molecular weight is 340 g/mol. The van der Waals surface area contributed by atoms with E-state index in [9.17, 15) is 9.59 Å². The van der Waals surface area contributed by atoms with Gasteiger partial charge in [0.05, 0.1) is 5.69 Å². The minimum Gasteiger partial charge on any atom is -0.340 e. The number of hydrogen-bond acceptors (Lipinski definition) is 4. The first-order valence-electron chi connectivity index (χ1n) is 8.54. The molecule has 2 aromatic rings. The maximum Gasteiger partial charge on any atom is 0.267 e. The fourth-order valence-corrected chi connectivity index (χ4v) is 3.14. The lowest BCUT2D eigenvalue weighted by Gasteiger charge is -2.42. The van der Waals surface area contributed by atoms with Crippen molar-refractivity contribution in [2.45, 2.75) is 32.9 Å². The molecule has 3 rings (SSSR count). The third-order valence-corrected chi connectivity index (χ3v) is 4.89. The van der Waals surface area contributed by atoms with Crippen molar-refractivity contribution in [3.63, 3.8) is 0 Å². The quantitative estimate of drug-likeness (QED) is 0.918. The Morgan fingerprint density at radius 3 is 2.64 bits per heavy atom. The third kappa shape index (κ3) is 3.79. The molecule has 0 radical (unpaired) electrons. The number of hydrogen-bond donors (Lipinski definition) is 1. The van der Waals surface area contributed by atoms with Crippen molar-refractivity contribution >= 4 is 5.91 Å². The van der Waals surface area contributed by atoms with E-state index in [1.807, 2.05) is 30.3 Å². The number of benzene rings is 1. The van der Waals surface area contributed by atoms with E-state index in [4.69, 9.17) is 5.73 Å². The smallest absolute Gasteiger partial charge is 0.267 e. The molecule has 2 heterocycles. The Morgan fingerprint density at radius 2 is 1.96 bits per heavy atom. The average Bonchev–Trinajstić information content (AvgIpc) is 2.60. The summed E-state index contributed by atoms with van der Waals surface area (Å²) in [5.74, 6) is -0.0974. The number of amides is 1. The van der Waals surface area contributed by atoms with E-state index in [2.05, 4.69) is 18.9 Å². The van der Waals surface area contributed by atoms with Crippen LogP contribution in [0.4, 0.5) is 0 Å². The fourth-order valence-electron chi connectivity index (χ4n) is 3.14. The van der Waals surface area contributed by atoms with Crippen LogP contribution in [0.2, 0.25) is 0 Å². The highest BCUT2D eigenvalue weighted by Crippen LogP contribution is 2.27. The fraction of sp³-hybridized carbons (Fsp3) is 0.421. The van der Waals surface area contributed by atoms with E-state index in [0.717, 1.165) is 12.0 Å². The number of carbonyl (C=O) groups excluding carboxylic acids is 1. The molecule has 1 amide bonds. The highest BCUT2D eigenvalue weighted by atomic mass is 16.2. The molecular weight excluding hydrogens is 316 g/mol. The third-order valence-electron chi connectivity index (χ3n) is 4.89. The summed E-state index contributed by atoms with van der Waals surface area (Å²) in [6.45, 7) is 5.30. The maximum absolute atomic E-state index is 12.6. The van der Waals surface area contributed by atoms with E-state index in [1.165, 1.54) is 10.7 Å². The topological polar surface area (TPSA) is 81.2 Å². The number of nitrogens with two attached hydrogens (primary N) is 1. The van der Waals surface area contributed by atoms with Crippen LogP contribution in [-0.4, -0.2) is 39.7 Å². The number of rotatable bonds is 3. The van der Waals surface area contributed by atoms with Gasteiger partial charge >= 0.3 is 0 Å². The zero-order chi connectivity index (χ0) is 18.0. The SMILES string of the molecule is CC1(C)CN(C(=O)Cn2nc(-c3ccccc3)ccc2=O)CCC1N. The number of likely N-dealkylation sites (tertiary alicyclic amines) is 1. The zero-order valence-corrected chi connectivity index (χ0v) is 14.7. The van der Waals surface area contributed by atoms with Gasteiger partial charge < -0.3 is 10.6 Å². The first-order chi connectivity index (χ1) is 11.9. The van der Waals surface area contributed by atoms with Gasteiger partial charge in [0.2, 0.25) is 5.91 Å². The highest BCUT2D eigenvalue weighted by molar-refractivity contribution is 5.76. The van der Waals surface area contributed by atoms with Crippen molar-refractivity contribution in [2.75, 3.05) is 13.1 Å². The summed E-state index contributed by atoms with van der Waals surface area (Å²) < 4.78 is 1.24. The second kappa shape index (κ2) is 6.80. The minimum absolute atomic E-state index is 0.0508. The van der Waals surface area contributed by atoms with Gasteiger partial charge in [-0.2, -0.15) is 5.10 Å². The van der Waals surface area contributed by atoms with Gasteiger partial charge in [0.25, 0.3) is 5.56 Å². The van der Waals surface area contributed by atoms with Gasteiger partial charge in [-0.1, -0.05) is 44.2 Å². The van der Waals surface area contributed by atoms with Gasteiger partial charge in [-0.3, -0.25) is 9.59 Å². The minimum atomic E-state index is -0.277. The van der Waals surface area contributed by atoms with Crippen LogP contribution < -0.4 is 11.3 Å². The molecule has 6 nitrogen and oxygen atoms in total. The summed E-state index contributed by atoms with van der Waals surface area (Å²) in [7, 11) is 0. The molecule has 2 N–H and O–H groups in total. The molecule has 0 spiro atoms. The van der Waals surface area contributed by atoms with Crippen LogP contribution in [-0.2, 0) is 11.3 Å². The van der Waals surface area contributed by atoms with Crippen molar-refractivity contribution in [1.82, 2.24) is 14.7 Å². The molecule has 0 bridgehead atoms.